The van der Waals surface area contributed by atoms with Crippen molar-refractivity contribution in [1.82, 2.24) is 0 Å². The van der Waals surface area contributed by atoms with Crippen LogP contribution < -0.4 is 0 Å². The van der Waals surface area contributed by atoms with Gasteiger partial charge >= 0.3 is 5.97 Å². The van der Waals surface area contributed by atoms with Gasteiger partial charge in [0.05, 0.1) is 0 Å². The summed E-state index contributed by atoms with van der Waals surface area (Å²) in [6.07, 6.45) is 5.74. The maximum atomic E-state index is 11.3. The van der Waals surface area contributed by atoms with E-state index in [2.05, 4.69) is 13.5 Å². The molecular formula is C13H21NO3. The summed E-state index contributed by atoms with van der Waals surface area (Å²) in [5.41, 5.74) is -0.196. The average Bonchev–Trinajstić information content (AvgIpc) is 2.35. The Kier molecular flexibility index (Phi) is 9.08. The number of nitriles is 1. The van der Waals surface area contributed by atoms with Gasteiger partial charge in [0.25, 0.3) is 0 Å². The number of carbonyl (C=O) groups is 1. The quantitative estimate of drug-likeness (QED) is 0.204. The van der Waals surface area contributed by atoms with Gasteiger partial charge in [-0.25, -0.2) is 4.79 Å². The molecule has 0 aliphatic carbocycles. The van der Waals surface area contributed by atoms with E-state index < -0.39 is 12.3 Å². The smallest absolute Gasteiger partial charge is 0.350 e. The molecule has 4 heteroatoms. The monoisotopic (exact) mass is 239 g/mol. The van der Waals surface area contributed by atoms with Crippen molar-refractivity contribution in [2.75, 3.05) is 7.11 Å². The molecule has 0 saturated carbocycles. The van der Waals surface area contributed by atoms with Crippen LogP contribution >= 0.6 is 0 Å². The van der Waals surface area contributed by atoms with E-state index in [0.717, 1.165) is 12.8 Å². The highest BCUT2D eigenvalue weighted by molar-refractivity contribution is 5.91. The number of hydrogen-bond acceptors (Lipinski definition) is 4. The van der Waals surface area contributed by atoms with Crippen LogP contribution in [-0.4, -0.2) is 19.4 Å². The van der Waals surface area contributed by atoms with Gasteiger partial charge in [-0.05, 0) is 6.42 Å². The second-order valence-corrected chi connectivity index (χ2v) is 3.86. The number of nitrogens with zero attached hydrogens (tertiary/aromatic N) is 1. The maximum absolute atomic E-state index is 11.3. The lowest BCUT2D eigenvalue weighted by molar-refractivity contribution is -0.169. The van der Waals surface area contributed by atoms with Crippen LogP contribution in [0.15, 0.2) is 12.2 Å². The van der Waals surface area contributed by atoms with Gasteiger partial charge in [-0.1, -0.05) is 39.2 Å². The zero-order valence-corrected chi connectivity index (χ0v) is 10.7. The van der Waals surface area contributed by atoms with Crippen molar-refractivity contribution in [3.63, 3.8) is 0 Å². The molecule has 0 amide bonds. The largest absolute Gasteiger partial charge is 0.432 e. The summed E-state index contributed by atoms with van der Waals surface area (Å²) in [7, 11) is 1.49. The van der Waals surface area contributed by atoms with E-state index in [-0.39, 0.29) is 5.57 Å². The van der Waals surface area contributed by atoms with Gasteiger partial charge < -0.3 is 9.47 Å². The highest BCUT2D eigenvalue weighted by Crippen LogP contribution is 2.11. The van der Waals surface area contributed by atoms with Crippen LogP contribution in [0.4, 0.5) is 0 Å². The van der Waals surface area contributed by atoms with Crippen LogP contribution in [0.3, 0.4) is 0 Å². The van der Waals surface area contributed by atoms with E-state index in [9.17, 15) is 4.79 Å². The summed E-state index contributed by atoms with van der Waals surface area (Å²) >= 11 is 0. The van der Waals surface area contributed by atoms with Gasteiger partial charge in [0, 0.05) is 13.5 Å². The Morgan fingerprint density at radius 1 is 1.35 bits per heavy atom. The third-order valence-electron chi connectivity index (χ3n) is 2.43. The first kappa shape index (κ1) is 15.7. The normalized spacial score (nSPS) is 11.6. The van der Waals surface area contributed by atoms with Crippen LogP contribution in [0.5, 0.6) is 0 Å². The van der Waals surface area contributed by atoms with E-state index in [4.69, 9.17) is 14.7 Å². The minimum Gasteiger partial charge on any atom is -0.432 e. The highest BCUT2D eigenvalue weighted by Gasteiger charge is 2.15. The van der Waals surface area contributed by atoms with Gasteiger partial charge in [0.15, 0.2) is 0 Å². The van der Waals surface area contributed by atoms with Crippen molar-refractivity contribution in [2.24, 2.45) is 0 Å². The number of esters is 1. The molecule has 0 aromatic heterocycles. The van der Waals surface area contributed by atoms with Gasteiger partial charge in [-0.2, -0.15) is 5.26 Å². The lowest BCUT2D eigenvalue weighted by Gasteiger charge is -2.15. The Morgan fingerprint density at radius 3 is 2.53 bits per heavy atom. The lowest BCUT2D eigenvalue weighted by Crippen LogP contribution is -2.20. The van der Waals surface area contributed by atoms with Gasteiger partial charge in [-0.15, -0.1) is 0 Å². The Morgan fingerprint density at radius 2 is 2.00 bits per heavy atom. The summed E-state index contributed by atoms with van der Waals surface area (Å²) in [6, 6.07) is 1.65. The molecule has 0 rings (SSSR count). The predicted octanol–water partition coefficient (Wildman–Crippen LogP) is 2.94. The van der Waals surface area contributed by atoms with Crippen molar-refractivity contribution in [3.05, 3.63) is 12.2 Å². The Hall–Kier alpha value is -1.34. The Balaban J connectivity index is 3.81. The maximum Gasteiger partial charge on any atom is 0.350 e. The lowest BCUT2D eigenvalue weighted by atomic mass is 10.1. The first-order valence-electron chi connectivity index (χ1n) is 5.98. The summed E-state index contributed by atoms with van der Waals surface area (Å²) in [5.74, 6) is -0.701. The SMILES string of the molecule is C=C(C#N)C(=O)OC(CCCCCCC)OC. The predicted molar refractivity (Wildman–Crippen MR) is 65.0 cm³/mol. The van der Waals surface area contributed by atoms with Crippen LogP contribution in [0.2, 0.25) is 0 Å². The molecule has 0 spiro atoms. The van der Waals surface area contributed by atoms with E-state index in [0.29, 0.717) is 6.42 Å². The van der Waals surface area contributed by atoms with Crippen molar-refractivity contribution in [2.45, 2.75) is 51.7 Å². The minimum absolute atomic E-state index is 0.196. The van der Waals surface area contributed by atoms with Crippen molar-refractivity contribution in [3.8, 4) is 6.07 Å². The van der Waals surface area contributed by atoms with E-state index >= 15 is 0 Å². The van der Waals surface area contributed by atoms with Crippen LogP contribution in [0.1, 0.15) is 45.4 Å². The molecular weight excluding hydrogens is 218 g/mol. The zero-order chi connectivity index (χ0) is 13.1. The molecule has 0 saturated heterocycles. The molecule has 0 bridgehead atoms. The number of methoxy groups -OCH3 is 1. The molecule has 0 aromatic carbocycles. The van der Waals surface area contributed by atoms with E-state index in [1.807, 2.05) is 0 Å². The molecule has 1 unspecified atom stereocenters. The molecule has 96 valence electrons. The highest BCUT2D eigenvalue weighted by atomic mass is 16.7. The number of unbranched alkanes of at least 4 members (excludes halogenated alkanes) is 4. The second kappa shape index (κ2) is 9.86. The summed E-state index contributed by atoms with van der Waals surface area (Å²) in [6.45, 7) is 5.45. The molecule has 17 heavy (non-hydrogen) atoms. The van der Waals surface area contributed by atoms with Crippen molar-refractivity contribution >= 4 is 5.97 Å². The molecule has 1 atom stereocenters. The minimum atomic E-state index is -0.701. The third-order valence-corrected chi connectivity index (χ3v) is 2.43. The molecule has 0 aromatic rings. The second-order valence-electron chi connectivity index (χ2n) is 3.86. The molecule has 4 nitrogen and oxygen atoms in total. The molecule has 0 N–H and O–H groups in total. The number of ether oxygens (including phenoxy) is 2. The Bertz CT molecular complexity index is 281. The molecule has 0 aliphatic rings. The van der Waals surface area contributed by atoms with Crippen LogP contribution in [0, 0.1) is 11.3 Å². The number of rotatable bonds is 9. The molecule has 0 aliphatic heterocycles. The number of hydrogen-bond donors (Lipinski definition) is 0. The summed E-state index contributed by atoms with van der Waals surface area (Å²) in [5, 5.41) is 8.47. The fraction of sp³-hybridized carbons (Fsp3) is 0.692. The molecule has 0 fully saturated rings. The van der Waals surface area contributed by atoms with E-state index in [1.54, 1.807) is 6.07 Å². The van der Waals surface area contributed by atoms with E-state index in [1.165, 1.54) is 26.4 Å². The number of carbonyl (C=O) groups excluding carboxylic acids is 1. The third kappa shape index (κ3) is 7.53. The first-order chi connectivity index (χ1) is 8.15. The van der Waals surface area contributed by atoms with Crippen molar-refractivity contribution in [1.29, 1.82) is 5.26 Å². The zero-order valence-electron chi connectivity index (χ0n) is 10.7. The molecule has 0 heterocycles. The van der Waals surface area contributed by atoms with Gasteiger partial charge in [0.1, 0.15) is 11.6 Å². The summed E-state index contributed by atoms with van der Waals surface area (Å²) < 4.78 is 10.0. The fourth-order valence-electron chi connectivity index (χ4n) is 1.38. The van der Waals surface area contributed by atoms with Crippen molar-refractivity contribution < 1.29 is 14.3 Å². The van der Waals surface area contributed by atoms with Crippen LogP contribution in [-0.2, 0) is 14.3 Å². The molecule has 0 radical (unpaired) electrons. The summed E-state index contributed by atoms with van der Waals surface area (Å²) in [4.78, 5) is 11.3. The van der Waals surface area contributed by atoms with Crippen LogP contribution in [0.25, 0.3) is 0 Å². The Labute approximate surface area is 103 Å². The fourth-order valence-corrected chi connectivity index (χ4v) is 1.38. The van der Waals surface area contributed by atoms with Gasteiger partial charge in [0.2, 0.25) is 6.29 Å². The topological polar surface area (TPSA) is 59.3 Å². The first-order valence-corrected chi connectivity index (χ1v) is 5.98. The standard InChI is InChI=1S/C13H21NO3/c1-4-5-6-7-8-9-12(16-3)17-13(15)11(2)10-14/h12H,2,4-9H2,1,3H3. The average molecular weight is 239 g/mol. The van der Waals surface area contributed by atoms with Gasteiger partial charge in [-0.3, -0.25) is 0 Å².